The molecule has 1 unspecified atom stereocenters. The minimum Gasteiger partial charge on any atom is -0.313 e. The van der Waals surface area contributed by atoms with Crippen molar-refractivity contribution in [1.82, 2.24) is 15.2 Å². The lowest BCUT2D eigenvalue weighted by molar-refractivity contribution is 0.275. The summed E-state index contributed by atoms with van der Waals surface area (Å²) in [7, 11) is 2.17. The highest BCUT2D eigenvalue weighted by Gasteiger charge is 2.09. The summed E-state index contributed by atoms with van der Waals surface area (Å²) in [6.07, 6.45) is 6.24. The number of hydrogen-bond donors (Lipinski definition) is 1. The summed E-state index contributed by atoms with van der Waals surface area (Å²) in [4.78, 5) is 6.51. The molecule has 17 heavy (non-hydrogen) atoms. The molecule has 0 bridgehead atoms. The second-order valence-corrected chi connectivity index (χ2v) is 4.60. The molecular formula is C14H25N3. The van der Waals surface area contributed by atoms with Gasteiger partial charge in [0, 0.05) is 31.5 Å². The quantitative estimate of drug-likeness (QED) is 0.749. The minimum absolute atomic E-state index is 0.603. The van der Waals surface area contributed by atoms with Crippen molar-refractivity contribution in [3.8, 4) is 0 Å². The van der Waals surface area contributed by atoms with Crippen molar-refractivity contribution in [3.63, 3.8) is 0 Å². The van der Waals surface area contributed by atoms with Crippen LogP contribution in [-0.4, -0.2) is 36.1 Å². The van der Waals surface area contributed by atoms with E-state index in [9.17, 15) is 0 Å². The number of pyridine rings is 1. The van der Waals surface area contributed by atoms with Crippen molar-refractivity contribution in [1.29, 1.82) is 0 Å². The lowest BCUT2D eigenvalue weighted by Crippen LogP contribution is -2.39. The number of hydrogen-bond acceptors (Lipinski definition) is 3. The second kappa shape index (κ2) is 8.20. The first-order chi connectivity index (χ1) is 8.26. The van der Waals surface area contributed by atoms with Gasteiger partial charge in [0.1, 0.15) is 0 Å². The molecule has 0 saturated carbocycles. The van der Waals surface area contributed by atoms with Crippen LogP contribution >= 0.6 is 0 Å². The molecule has 1 heterocycles. The average molecular weight is 235 g/mol. The Hall–Kier alpha value is -0.930. The molecule has 1 atom stereocenters. The van der Waals surface area contributed by atoms with Crippen molar-refractivity contribution < 1.29 is 0 Å². The molecule has 0 spiro atoms. The molecule has 0 aliphatic carbocycles. The van der Waals surface area contributed by atoms with Gasteiger partial charge >= 0.3 is 0 Å². The summed E-state index contributed by atoms with van der Waals surface area (Å²) in [6, 6.07) is 4.73. The lowest BCUT2D eigenvalue weighted by Gasteiger charge is -2.24. The zero-order chi connectivity index (χ0) is 12.5. The molecule has 1 rings (SSSR count). The van der Waals surface area contributed by atoms with Gasteiger partial charge in [-0.2, -0.15) is 0 Å². The Bertz CT molecular complexity index is 281. The third kappa shape index (κ3) is 5.80. The zero-order valence-electron chi connectivity index (χ0n) is 11.3. The Kier molecular flexibility index (Phi) is 6.82. The van der Waals surface area contributed by atoms with E-state index in [0.29, 0.717) is 6.04 Å². The number of likely N-dealkylation sites (N-methyl/N-ethyl adjacent to an activating group) is 2. The van der Waals surface area contributed by atoms with E-state index in [4.69, 9.17) is 0 Å². The van der Waals surface area contributed by atoms with Crippen LogP contribution in [-0.2, 0) is 6.54 Å². The van der Waals surface area contributed by atoms with Crippen molar-refractivity contribution in [3.05, 3.63) is 30.1 Å². The van der Waals surface area contributed by atoms with E-state index >= 15 is 0 Å². The van der Waals surface area contributed by atoms with Crippen LogP contribution < -0.4 is 5.32 Å². The molecule has 0 radical (unpaired) electrons. The predicted molar refractivity (Wildman–Crippen MR) is 72.9 cm³/mol. The molecular weight excluding hydrogens is 210 g/mol. The summed E-state index contributed by atoms with van der Waals surface area (Å²) >= 11 is 0. The monoisotopic (exact) mass is 235 g/mol. The van der Waals surface area contributed by atoms with Gasteiger partial charge in [-0.15, -0.1) is 0 Å². The number of nitrogens with one attached hydrogen (secondary N) is 1. The van der Waals surface area contributed by atoms with Crippen LogP contribution in [0.25, 0.3) is 0 Å². The maximum Gasteiger partial charge on any atom is 0.0312 e. The third-order valence-corrected chi connectivity index (χ3v) is 2.84. The minimum atomic E-state index is 0.603. The van der Waals surface area contributed by atoms with Gasteiger partial charge in [-0.05, 0) is 31.6 Å². The molecule has 1 N–H and O–H groups in total. The van der Waals surface area contributed by atoms with E-state index < -0.39 is 0 Å². The standard InChI is InChI=1S/C14H25N3/c1-4-7-14(16-5-2)12-17(3)11-13-8-6-9-15-10-13/h6,8-10,14,16H,4-5,7,11-12H2,1-3H3. The average Bonchev–Trinajstić information content (AvgIpc) is 2.30. The summed E-state index contributed by atoms with van der Waals surface area (Å²) in [5, 5.41) is 3.54. The van der Waals surface area contributed by atoms with Gasteiger partial charge in [0.2, 0.25) is 0 Å². The summed E-state index contributed by atoms with van der Waals surface area (Å²) < 4.78 is 0. The largest absolute Gasteiger partial charge is 0.313 e. The number of aromatic nitrogens is 1. The predicted octanol–water partition coefficient (Wildman–Crippen LogP) is 2.29. The van der Waals surface area contributed by atoms with Crippen LogP contribution in [0.5, 0.6) is 0 Å². The zero-order valence-corrected chi connectivity index (χ0v) is 11.3. The van der Waals surface area contributed by atoms with Crippen molar-refractivity contribution >= 4 is 0 Å². The number of rotatable bonds is 8. The molecule has 96 valence electrons. The molecule has 1 aromatic heterocycles. The molecule has 0 saturated heterocycles. The summed E-state index contributed by atoms with van der Waals surface area (Å²) in [6.45, 7) is 7.52. The molecule has 3 nitrogen and oxygen atoms in total. The van der Waals surface area contributed by atoms with Gasteiger partial charge < -0.3 is 10.2 Å². The van der Waals surface area contributed by atoms with Gasteiger partial charge in [0.05, 0.1) is 0 Å². The second-order valence-electron chi connectivity index (χ2n) is 4.60. The Labute approximate surface area is 105 Å². The first kappa shape index (κ1) is 14.1. The Morgan fingerprint density at radius 3 is 2.82 bits per heavy atom. The van der Waals surface area contributed by atoms with Gasteiger partial charge in [-0.25, -0.2) is 0 Å². The van der Waals surface area contributed by atoms with Gasteiger partial charge in [0.25, 0.3) is 0 Å². The molecule has 0 fully saturated rings. The maximum absolute atomic E-state index is 4.15. The van der Waals surface area contributed by atoms with Crippen LogP contribution in [0.1, 0.15) is 32.3 Å². The molecule has 0 aliphatic rings. The first-order valence-electron chi connectivity index (χ1n) is 6.57. The third-order valence-electron chi connectivity index (χ3n) is 2.84. The van der Waals surface area contributed by atoms with E-state index in [0.717, 1.165) is 19.6 Å². The van der Waals surface area contributed by atoms with E-state index in [1.165, 1.54) is 18.4 Å². The smallest absolute Gasteiger partial charge is 0.0312 e. The van der Waals surface area contributed by atoms with Crippen LogP contribution in [0.4, 0.5) is 0 Å². The van der Waals surface area contributed by atoms with E-state index in [-0.39, 0.29) is 0 Å². The lowest BCUT2D eigenvalue weighted by atomic mass is 10.1. The topological polar surface area (TPSA) is 28.2 Å². The van der Waals surface area contributed by atoms with Gasteiger partial charge in [0.15, 0.2) is 0 Å². The van der Waals surface area contributed by atoms with E-state index in [2.05, 4.69) is 42.2 Å². The van der Waals surface area contributed by atoms with E-state index in [1.807, 2.05) is 18.5 Å². The molecule has 0 aliphatic heterocycles. The van der Waals surface area contributed by atoms with Gasteiger partial charge in [-0.3, -0.25) is 4.98 Å². The Balaban J connectivity index is 2.38. The highest BCUT2D eigenvalue weighted by Crippen LogP contribution is 2.04. The Morgan fingerprint density at radius 1 is 1.41 bits per heavy atom. The van der Waals surface area contributed by atoms with Crippen molar-refractivity contribution in [2.75, 3.05) is 20.1 Å². The highest BCUT2D eigenvalue weighted by atomic mass is 15.1. The first-order valence-corrected chi connectivity index (χ1v) is 6.57. The van der Waals surface area contributed by atoms with Crippen LogP contribution in [0.3, 0.4) is 0 Å². The van der Waals surface area contributed by atoms with Gasteiger partial charge in [-0.1, -0.05) is 26.3 Å². The van der Waals surface area contributed by atoms with Crippen LogP contribution in [0.15, 0.2) is 24.5 Å². The normalized spacial score (nSPS) is 12.9. The Morgan fingerprint density at radius 2 is 2.24 bits per heavy atom. The summed E-state index contributed by atoms with van der Waals surface area (Å²) in [5.41, 5.74) is 1.28. The molecule has 0 aromatic carbocycles. The fourth-order valence-corrected chi connectivity index (χ4v) is 2.14. The molecule has 3 heteroatoms. The number of nitrogens with zero attached hydrogens (tertiary/aromatic N) is 2. The molecule has 1 aromatic rings. The SMILES string of the molecule is CCCC(CN(C)Cc1cccnc1)NCC. The highest BCUT2D eigenvalue weighted by molar-refractivity contribution is 5.07. The fraction of sp³-hybridized carbons (Fsp3) is 0.643. The molecule has 0 amide bonds. The van der Waals surface area contributed by atoms with Crippen molar-refractivity contribution in [2.45, 2.75) is 39.3 Å². The van der Waals surface area contributed by atoms with Crippen molar-refractivity contribution in [2.24, 2.45) is 0 Å². The van der Waals surface area contributed by atoms with E-state index in [1.54, 1.807) is 0 Å². The fourth-order valence-electron chi connectivity index (χ4n) is 2.14. The van der Waals surface area contributed by atoms with Crippen LogP contribution in [0, 0.1) is 0 Å². The maximum atomic E-state index is 4.15. The van der Waals surface area contributed by atoms with Crippen LogP contribution in [0.2, 0.25) is 0 Å². The summed E-state index contributed by atoms with van der Waals surface area (Å²) in [5.74, 6) is 0.